The Morgan fingerprint density at radius 3 is 2.30 bits per heavy atom. The van der Waals surface area contributed by atoms with Crippen LogP contribution in [-0.2, 0) is 16.6 Å². The van der Waals surface area contributed by atoms with Crippen molar-refractivity contribution in [1.82, 2.24) is 20.0 Å². The van der Waals surface area contributed by atoms with Gasteiger partial charge in [0.05, 0.1) is 24.5 Å². The van der Waals surface area contributed by atoms with Crippen molar-refractivity contribution < 1.29 is 14.3 Å². The third-order valence-corrected chi connectivity index (χ3v) is 4.28. The molecule has 0 radical (unpaired) electrons. The molecular weight excluding hydrogens is 296 g/mol. The van der Waals surface area contributed by atoms with Crippen LogP contribution >= 0.6 is 0 Å². The van der Waals surface area contributed by atoms with Gasteiger partial charge in [-0.3, -0.25) is 14.3 Å². The first-order valence-corrected chi connectivity index (χ1v) is 8.00. The second-order valence-electron chi connectivity index (χ2n) is 6.30. The lowest BCUT2D eigenvalue weighted by Gasteiger charge is -2.32. The topological polar surface area (TPSA) is 76.5 Å². The normalized spacial score (nSPS) is 16.5. The summed E-state index contributed by atoms with van der Waals surface area (Å²) in [4.78, 5) is 27.1. The van der Waals surface area contributed by atoms with Crippen molar-refractivity contribution >= 4 is 11.8 Å². The van der Waals surface area contributed by atoms with E-state index in [-0.39, 0.29) is 17.7 Å². The molecule has 2 rings (SSSR count). The third kappa shape index (κ3) is 3.72. The van der Waals surface area contributed by atoms with Crippen LogP contribution in [0.4, 0.5) is 0 Å². The first kappa shape index (κ1) is 17.5. The lowest BCUT2D eigenvalue weighted by molar-refractivity contribution is -0.138. The zero-order chi connectivity index (χ0) is 17.1. The molecule has 1 atom stereocenters. The van der Waals surface area contributed by atoms with E-state index in [1.807, 2.05) is 20.8 Å². The molecule has 0 aromatic carbocycles. The van der Waals surface area contributed by atoms with Gasteiger partial charge in [0.1, 0.15) is 6.04 Å². The molecule has 1 N–H and O–H groups in total. The van der Waals surface area contributed by atoms with Gasteiger partial charge in [-0.2, -0.15) is 5.10 Å². The molecule has 1 saturated heterocycles. The maximum absolute atomic E-state index is 12.7. The number of aromatic nitrogens is 2. The van der Waals surface area contributed by atoms with Crippen molar-refractivity contribution in [2.45, 2.75) is 33.7 Å². The van der Waals surface area contributed by atoms with Crippen molar-refractivity contribution in [2.24, 2.45) is 13.0 Å². The van der Waals surface area contributed by atoms with Crippen molar-refractivity contribution in [1.29, 1.82) is 0 Å². The van der Waals surface area contributed by atoms with E-state index in [4.69, 9.17) is 4.74 Å². The Kier molecular flexibility index (Phi) is 5.41. The minimum absolute atomic E-state index is 0.00609. The smallest absolute Gasteiger partial charge is 0.255 e. The van der Waals surface area contributed by atoms with Crippen molar-refractivity contribution in [2.75, 3.05) is 26.3 Å². The second kappa shape index (κ2) is 7.12. The molecule has 2 heterocycles. The summed E-state index contributed by atoms with van der Waals surface area (Å²) in [5, 5.41) is 7.16. The lowest BCUT2D eigenvalue weighted by Crippen LogP contribution is -2.53. The van der Waals surface area contributed by atoms with Crippen LogP contribution < -0.4 is 5.32 Å². The van der Waals surface area contributed by atoms with Crippen molar-refractivity contribution in [3.8, 4) is 0 Å². The Bertz CT molecular complexity index is 588. The molecule has 128 valence electrons. The zero-order valence-corrected chi connectivity index (χ0v) is 14.5. The lowest BCUT2D eigenvalue weighted by atomic mass is 10.0. The van der Waals surface area contributed by atoms with Crippen LogP contribution in [0.25, 0.3) is 0 Å². The van der Waals surface area contributed by atoms with Gasteiger partial charge in [0.15, 0.2) is 0 Å². The van der Waals surface area contributed by atoms with Crippen LogP contribution in [0.2, 0.25) is 0 Å². The summed E-state index contributed by atoms with van der Waals surface area (Å²) in [5.41, 5.74) is 2.01. The van der Waals surface area contributed by atoms with Gasteiger partial charge in [-0.25, -0.2) is 0 Å². The molecule has 1 fully saturated rings. The first-order valence-electron chi connectivity index (χ1n) is 8.00. The quantitative estimate of drug-likeness (QED) is 0.883. The van der Waals surface area contributed by atoms with Gasteiger partial charge in [0, 0.05) is 25.8 Å². The Labute approximate surface area is 137 Å². The third-order valence-electron chi connectivity index (χ3n) is 4.28. The number of nitrogens with one attached hydrogen (secondary N) is 1. The number of rotatable bonds is 4. The minimum atomic E-state index is -0.542. The molecule has 1 aliphatic heterocycles. The number of ether oxygens (including phenoxy) is 1. The molecule has 1 aromatic heterocycles. The predicted octanol–water partition coefficient (Wildman–Crippen LogP) is 0.650. The number of carbonyl (C=O) groups is 2. The van der Waals surface area contributed by atoms with E-state index < -0.39 is 6.04 Å². The van der Waals surface area contributed by atoms with Crippen LogP contribution in [-0.4, -0.2) is 58.8 Å². The summed E-state index contributed by atoms with van der Waals surface area (Å²) in [7, 11) is 1.80. The molecule has 0 aliphatic carbocycles. The monoisotopic (exact) mass is 322 g/mol. The number of carbonyl (C=O) groups excluding carboxylic acids is 2. The maximum Gasteiger partial charge on any atom is 0.255 e. The number of morpholine rings is 1. The molecule has 0 bridgehead atoms. The van der Waals surface area contributed by atoms with Crippen LogP contribution in [0.5, 0.6) is 0 Å². The number of amides is 2. The molecule has 23 heavy (non-hydrogen) atoms. The molecule has 7 nitrogen and oxygen atoms in total. The molecule has 1 aromatic rings. The van der Waals surface area contributed by atoms with E-state index >= 15 is 0 Å². The second-order valence-corrected chi connectivity index (χ2v) is 6.30. The van der Waals surface area contributed by atoms with E-state index in [0.717, 1.165) is 5.69 Å². The van der Waals surface area contributed by atoms with Gasteiger partial charge in [0.2, 0.25) is 5.91 Å². The van der Waals surface area contributed by atoms with Gasteiger partial charge in [0.25, 0.3) is 5.91 Å². The fourth-order valence-corrected chi connectivity index (χ4v) is 2.81. The molecule has 2 amide bonds. The van der Waals surface area contributed by atoms with Crippen molar-refractivity contribution in [3.05, 3.63) is 17.0 Å². The summed E-state index contributed by atoms with van der Waals surface area (Å²) >= 11 is 0. The Balaban J connectivity index is 2.15. The first-order chi connectivity index (χ1) is 10.8. The van der Waals surface area contributed by atoms with E-state index in [1.165, 1.54) is 0 Å². The van der Waals surface area contributed by atoms with Crippen molar-refractivity contribution in [3.63, 3.8) is 0 Å². The molecule has 1 unspecified atom stereocenters. The summed E-state index contributed by atoms with van der Waals surface area (Å²) < 4.78 is 6.96. The molecular formula is C16H26N4O3. The summed E-state index contributed by atoms with van der Waals surface area (Å²) in [6.45, 7) is 9.76. The average molecular weight is 322 g/mol. The highest BCUT2D eigenvalue weighted by Gasteiger charge is 2.31. The highest BCUT2D eigenvalue weighted by molar-refractivity contribution is 5.99. The molecule has 7 heteroatoms. The highest BCUT2D eigenvalue weighted by Crippen LogP contribution is 2.14. The Morgan fingerprint density at radius 2 is 1.83 bits per heavy atom. The van der Waals surface area contributed by atoms with Gasteiger partial charge < -0.3 is 15.0 Å². The summed E-state index contributed by atoms with van der Waals surface area (Å²) in [5.74, 6) is -0.282. The number of aryl methyl sites for hydroxylation is 2. The van der Waals surface area contributed by atoms with Crippen LogP contribution in [0, 0.1) is 19.8 Å². The van der Waals surface area contributed by atoms with Crippen LogP contribution in [0.15, 0.2) is 0 Å². The van der Waals surface area contributed by atoms with Crippen LogP contribution in [0.1, 0.15) is 35.6 Å². The summed E-state index contributed by atoms with van der Waals surface area (Å²) in [6.07, 6.45) is 0. The highest BCUT2D eigenvalue weighted by atomic mass is 16.5. The Morgan fingerprint density at radius 1 is 1.22 bits per heavy atom. The molecule has 0 spiro atoms. The average Bonchev–Trinajstić information content (AvgIpc) is 2.77. The number of hydrogen-bond acceptors (Lipinski definition) is 4. The SMILES string of the molecule is Cc1nn(C)c(C)c1C(=O)NC(C(=O)N1CCOCC1)C(C)C. The van der Waals surface area contributed by atoms with Gasteiger partial charge >= 0.3 is 0 Å². The van der Waals surface area contributed by atoms with E-state index in [1.54, 1.807) is 23.6 Å². The van der Waals surface area contributed by atoms with E-state index in [2.05, 4.69) is 10.4 Å². The number of nitrogens with zero attached hydrogens (tertiary/aromatic N) is 3. The number of hydrogen-bond donors (Lipinski definition) is 1. The Hall–Kier alpha value is -1.89. The zero-order valence-electron chi connectivity index (χ0n) is 14.5. The minimum Gasteiger partial charge on any atom is -0.378 e. The van der Waals surface area contributed by atoms with Gasteiger partial charge in [-0.15, -0.1) is 0 Å². The van der Waals surface area contributed by atoms with Crippen LogP contribution in [0.3, 0.4) is 0 Å². The standard InChI is InChI=1S/C16H26N4O3/c1-10(2)14(16(22)20-6-8-23-9-7-20)17-15(21)13-11(3)18-19(5)12(13)4/h10,14H,6-9H2,1-5H3,(H,17,21). The molecule has 0 saturated carbocycles. The predicted molar refractivity (Wildman–Crippen MR) is 86.2 cm³/mol. The fraction of sp³-hybridized carbons (Fsp3) is 0.688. The fourth-order valence-electron chi connectivity index (χ4n) is 2.81. The van der Waals surface area contributed by atoms with Gasteiger partial charge in [-0.1, -0.05) is 13.8 Å². The summed E-state index contributed by atoms with van der Waals surface area (Å²) in [6, 6.07) is -0.542. The van der Waals surface area contributed by atoms with E-state index in [0.29, 0.717) is 37.6 Å². The van der Waals surface area contributed by atoms with Gasteiger partial charge in [-0.05, 0) is 19.8 Å². The maximum atomic E-state index is 12.7. The van der Waals surface area contributed by atoms with E-state index in [9.17, 15) is 9.59 Å². The largest absolute Gasteiger partial charge is 0.378 e. The molecule has 1 aliphatic rings.